The number of aryl methyl sites for hydroxylation is 1. The zero-order chi connectivity index (χ0) is 12.4. The van der Waals surface area contributed by atoms with Crippen LogP contribution in [0.3, 0.4) is 0 Å². The summed E-state index contributed by atoms with van der Waals surface area (Å²) < 4.78 is 1.44. The monoisotopic (exact) mass is 239 g/mol. The van der Waals surface area contributed by atoms with Crippen molar-refractivity contribution in [1.29, 1.82) is 0 Å². The van der Waals surface area contributed by atoms with Crippen molar-refractivity contribution in [3.05, 3.63) is 32.6 Å². The molecule has 6 nitrogen and oxygen atoms in total. The van der Waals surface area contributed by atoms with E-state index < -0.39 is 11.8 Å². The predicted octanol–water partition coefficient (Wildman–Crippen LogP) is -0.870. The van der Waals surface area contributed by atoms with Crippen LogP contribution < -0.4 is 16.6 Å². The van der Waals surface area contributed by atoms with Crippen molar-refractivity contribution >= 4 is 0 Å². The number of aliphatic hydroxyl groups is 1. The maximum atomic E-state index is 11.7. The van der Waals surface area contributed by atoms with Gasteiger partial charge in [-0.25, -0.2) is 4.79 Å². The number of aliphatic hydroxyl groups excluding tert-OH is 1. The molecule has 0 aliphatic carbocycles. The molecule has 6 heteroatoms. The molecule has 3 N–H and O–H groups in total. The van der Waals surface area contributed by atoms with E-state index in [0.29, 0.717) is 18.4 Å². The van der Waals surface area contributed by atoms with Gasteiger partial charge in [-0.15, -0.1) is 0 Å². The molecule has 1 aromatic heterocycles. The third-order valence-electron chi connectivity index (χ3n) is 3.18. The molecule has 17 heavy (non-hydrogen) atoms. The van der Waals surface area contributed by atoms with Crippen LogP contribution in [0.1, 0.15) is 24.4 Å². The summed E-state index contributed by atoms with van der Waals surface area (Å²) in [5.41, 5.74) is -0.340. The van der Waals surface area contributed by atoms with E-state index in [0.717, 1.165) is 13.1 Å². The van der Waals surface area contributed by atoms with Gasteiger partial charge in [0.05, 0.1) is 12.1 Å². The molecule has 0 saturated carbocycles. The zero-order valence-electron chi connectivity index (χ0n) is 9.77. The van der Waals surface area contributed by atoms with Crippen LogP contribution in [0.25, 0.3) is 0 Å². The van der Waals surface area contributed by atoms with E-state index in [-0.39, 0.29) is 11.6 Å². The van der Waals surface area contributed by atoms with Gasteiger partial charge in [-0.2, -0.15) is 0 Å². The molecule has 1 aromatic rings. The fourth-order valence-electron chi connectivity index (χ4n) is 2.17. The van der Waals surface area contributed by atoms with Gasteiger partial charge in [-0.3, -0.25) is 14.3 Å². The molecule has 0 amide bonds. The van der Waals surface area contributed by atoms with Crippen LogP contribution in [0.15, 0.2) is 15.8 Å². The molecule has 0 aromatic carbocycles. The topological polar surface area (TPSA) is 87.1 Å². The van der Waals surface area contributed by atoms with Gasteiger partial charge in [0.2, 0.25) is 0 Å². The van der Waals surface area contributed by atoms with Crippen LogP contribution in [0, 0.1) is 6.92 Å². The lowest BCUT2D eigenvalue weighted by Crippen LogP contribution is -2.37. The van der Waals surface area contributed by atoms with Gasteiger partial charge in [0.15, 0.2) is 0 Å². The number of H-pyrrole nitrogens is 1. The molecule has 0 unspecified atom stereocenters. The lowest BCUT2D eigenvalue weighted by atomic mass is 10.1. The summed E-state index contributed by atoms with van der Waals surface area (Å²) >= 11 is 0. The first-order chi connectivity index (χ1) is 8.09. The maximum absolute atomic E-state index is 11.7. The summed E-state index contributed by atoms with van der Waals surface area (Å²) in [6, 6.07) is -0.270. The molecule has 2 rings (SSSR count). The van der Waals surface area contributed by atoms with Crippen LogP contribution in [-0.4, -0.2) is 33.9 Å². The highest BCUT2D eigenvalue weighted by Crippen LogP contribution is 2.18. The first kappa shape index (κ1) is 12.1. The number of nitrogens with one attached hydrogen (secondary N) is 2. The number of aromatic amines is 1. The van der Waals surface area contributed by atoms with Crippen molar-refractivity contribution in [1.82, 2.24) is 14.9 Å². The maximum Gasteiger partial charge on any atom is 0.328 e. The summed E-state index contributed by atoms with van der Waals surface area (Å²) in [6.07, 6.45) is 2.25. The van der Waals surface area contributed by atoms with E-state index >= 15 is 0 Å². The number of nitrogens with zero attached hydrogens (tertiary/aromatic N) is 1. The Morgan fingerprint density at radius 1 is 1.35 bits per heavy atom. The molecule has 0 radical (unpaired) electrons. The molecule has 0 spiro atoms. The summed E-state index contributed by atoms with van der Waals surface area (Å²) in [4.78, 5) is 25.3. The molecule has 1 aliphatic heterocycles. The highest BCUT2D eigenvalue weighted by atomic mass is 16.3. The smallest absolute Gasteiger partial charge is 0.328 e. The predicted molar refractivity (Wildman–Crippen MR) is 63.2 cm³/mol. The Hall–Kier alpha value is -1.40. The first-order valence-electron chi connectivity index (χ1n) is 5.80. The molecular formula is C11H17N3O3. The average Bonchev–Trinajstić information content (AvgIpc) is 2.49. The minimum atomic E-state index is -0.562. The van der Waals surface area contributed by atoms with Crippen LogP contribution in [0.2, 0.25) is 0 Å². The van der Waals surface area contributed by atoms with Crippen molar-refractivity contribution in [2.75, 3.05) is 13.1 Å². The van der Waals surface area contributed by atoms with E-state index in [1.165, 1.54) is 10.8 Å². The second kappa shape index (κ2) is 4.85. The fraction of sp³-hybridized carbons (Fsp3) is 0.636. The van der Waals surface area contributed by atoms with Crippen molar-refractivity contribution in [3.8, 4) is 0 Å². The van der Waals surface area contributed by atoms with Crippen molar-refractivity contribution < 1.29 is 5.11 Å². The van der Waals surface area contributed by atoms with Crippen LogP contribution in [-0.2, 0) is 0 Å². The second-order valence-corrected chi connectivity index (χ2v) is 4.44. The third-order valence-corrected chi connectivity index (χ3v) is 3.18. The number of hydrogen-bond acceptors (Lipinski definition) is 4. The van der Waals surface area contributed by atoms with Crippen molar-refractivity contribution in [3.63, 3.8) is 0 Å². The SMILES string of the molecule is Cc1cn([C@H]2CCNCC[C@@H]2O)c(=O)[nH]c1=O. The Labute approximate surface area is 98.3 Å². The van der Waals surface area contributed by atoms with Crippen LogP contribution in [0.4, 0.5) is 0 Å². The van der Waals surface area contributed by atoms with E-state index in [1.807, 2.05) is 0 Å². The molecular weight excluding hydrogens is 222 g/mol. The lowest BCUT2D eigenvalue weighted by molar-refractivity contribution is 0.106. The highest BCUT2D eigenvalue weighted by molar-refractivity contribution is 5.02. The fourth-order valence-corrected chi connectivity index (χ4v) is 2.17. The Kier molecular flexibility index (Phi) is 3.44. The number of rotatable bonds is 1. The summed E-state index contributed by atoms with van der Waals surface area (Å²) in [5.74, 6) is 0. The first-order valence-corrected chi connectivity index (χ1v) is 5.80. The average molecular weight is 239 g/mol. The Bertz CT molecular complexity index is 505. The second-order valence-electron chi connectivity index (χ2n) is 4.44. The Morgan fingerprint density at radius 3 is 2.82 bits per heavy atom. The molecule has 2 atom stereocenters. The van der Waals surface area contributed by atoms with Gasteiger partial charge in [0.25, 0.3) is 5.56 Å². The van der Waals surface area contributed by atoms with Gasteiger partial charge >= 0.3 is 5.69 Å². The molecule has 1 saturated heterocycles. The number of hydrogen-bond donors (Lipinski definition) is 3. The van der Waals surface area contributed by atoms with Gasteiger partial charge in [0.1, 0.15) is 0 Å². The quantitative estimate of drug-likeness (QED) is 0.594. The minimum Gasteiger partial charge on any atom is -0.391 e. The van der Waals surface area contributed by atoms with E-state index in [2.05, 4.69) is 10.3 Å². The Balaban J connectivity index is 2.41. The molecule has 0 bridgehead atoms. The van der Waals surface area contributed by atoms with Gasteiger partial charge in [-0.1, -0.05) is 0 Å². The summed E-state index contributed by atoms with van der Waals surface area (Å²) in [5, 5.41) is 13.2. The van der Waals surface area contributed by atoms with Crippen LogP contribution in [0.5, 0.6) is 0 Å². The van der Waals surface area contributed by atoms with E-state index in [4.69, 9.17) is 0 Å². The highest BCUT2D eigenvalue weighted by Gasteiger charge is 2.24. The van der Waals surface area contributed by atoms with E-state index in [1.54, 1.807) is 6.92 Å². The summed E-state index contributed by atoms with van der Waals surface area (Å²) in [6.45, 7) is 3.15. The van der Waals surface area contributed by atoms with Gasteiger partial charge < -0.3 is 10.4 Å². The van der Waals surface area contributed by atoms with Gasteiger partial charge in [-0.05, 0) is 32.9 Å². The summed E-state index contributed by atoms with van der Waals surface area (Å²) in [7, 11) is 0. The van der Waals surface area contributed by atoms with E-state index in [9.17, 15) is 14.7 Å². The van der Waals surface area contributed by atoms with Crippen LogP contribution >= 0.6 is 0 Å². The molecule has 1 aliphatic rings. The third kappa shape index (κ3) is 2.48. The zero-order valence-corrected chi connectivity index (χ0v) is 9.77. The molecule has 2 heterocycles. The van der Waals surface area contributed by atoms with Gasteiger partial charge in [0, 0.05) is 11.8 Å². The Morgan fingerprint density at radius 2 is 2.06 bits per heavy atom. The van der Waals surface area contributed by atoms with Crippen molar-refractivity contribution in [2.45, 2.75) is 31.9 Å². The minimum absolute atomic E-state index is 0.270. The normalized spacial score (nSPS) is 25.5. The number of aromatic nitrogens is 2. The largest absolute Gasteiger partial charge is 0.391 e. The molecule has 1 fully saturated rings. The van der Waals surface area contributed by atoms with Crippen molar-refractivity contribution in [2.24, 2.45) is 0 Å². The standard InChI is InChI=1S/C11H17N3O3/c1-7-6-14(11(17)13-10(7)16)8-2-4-12-5-3-9(8)15/h6,8-9,12,15H,2-5H2,1H3,(H,13,16,17)/t8-,9-/m0/s1. The molecule has 94 valence electrons. The lowest BCUT2D eigenvalue weighted by Gasteiger charge is -2.22.